The van der Waals surface area contributed by atoms with Crippen LogP contribution in [0, 0.1) is 0 Å². The zero-order valence-corrected chi connectivity index (χ0v) is 16.2. The molecular weight excluding hydrogens is 328 g/mol. The summed E-state index contributed by atoms with van der Waals surface area (Å²) >= 11 is 0. The second kappa shape index (κ2) is 8.56. The van der Waals surface area contributed by atoms with Crippen LogP contribution in [0.4, 0.5) is 0 Å². The highest BCUT2D eigenvalue weighted by atomic mass is 16.5. The largest absolute Gasteiger partial charge is 0.491 e. The number of aliphatic hydroxyl groups is 2. The molecule has 2 rings (SSSR count). The van der Waals surface area contributed by atoms with Gasteiger partial charge in [-0.05, 0) is 49.2 Å². The van der Waals surface area contributed by atoms with E-state index < -0.39 is 5.60 Å². The van der Waals surface area contributed by atoms with E-state index in [1.807, 2.05) is 38.1 Å². The summed E-state index contributed by atoms with van der Waals surface area (Å²) in [5, 5.41) is 18.0. The van der Waals surface area contributed by atoms with Gasteiger partial charge in [0.1, 0.15) is 23.7 Å². The number of rotatable bonds is 9. The zero-order valence-electron chi connectivity index (χ0n) is 16.2. The summed E-state index contributed by atoms with van der Waals surface area (Å²) in [7, 11) is 0. The van der Waals surface area contributed by atoms with E-state index in [1.54, 1.807) is 0 Å². The molecule has 0 aliphatic rings. The van der Waals surface area contributed by atoms with Gasteiger partial charge in [0, 0.05) is 18.4 Å². The Morgan fingerprint density at radius 1 is 0.731 bits per heavy atom. The van der Waals surface area contributed by atoms with Gasteiger partial charge in [-0.25, -0.2) is 0 Å². The van der Waals surface area contributed by atoms with Crippen LogP contribution in [-0.4, -0.2) is 35.6 Å². The molecule has 0 bridgehead atoms. The Labute approximate surface area is 156 Å². The van der Waals surface area contributed by atoms with Gasteiger partial charge in [0.15, 0.2) is 0 Å². The van der Waals surface area contributed by atoms with Crippen LogP contribution in [0.1, 0.15) is 45.2 Å². The molecule has 0 unspecified atom stereocenters. The smallest absolute Gasteiger partial charge is 0.120 e. The molecule has 2 N–H and O–H groups in total. The fourth-order valence-electron chi connectivity index (χ4n) is 2.88. The molecule has 2 aromatic carbocycles. The van der Waals surface area contributed by atoms with E-state index in [4.69, 9.17) is 19.7 Å². The average Bonchev–Trinajstić information content (AvgIpc) is 2.60. The molecule has 4 heteroatoms. The van der Waals surface area contributed by atoms with Crippen molar-refractivity contribution >= 4 is 0 Å². The summed E-state index contributed by atoms with van der Waals surface area (Å²) in [6.45, 7) is 8.73. The molecule has 0 saturated carbocycles. The van der Waals surface area contributed by atoms with Crippen LogP contribution in [0.5, 0.6) is 11.5 Å². The molecule has 0 spiro atoms. The maximum atomic E-state index is 9.12. The SMILES string of the molecule is CC(C)(CCO)Oc1ccc(C(C)(C)c2ccc(OCCO)cc2)cc1. The predicted octanol–water partition coefficient (Wildman–Crippen LogP) is 3.92. The highest BCUT2D eigenvalue weighted by Crippen LogP contribution is 2.34. The van der Waals surface area contributed by atoms with Crippen LogP contribution in [-0.2, 0) is 5.41 Å². The van der Waals surface area contributed by atoms with Crippen molar-refractivity contribution in [1.82, 2.24) is 0 Å². The highest BCUT2D eigenvalue weighted by molar-refractivity contribution is 5.41. The van der Waals surface area contributed by atoms with Gasteiger partial charge >= 0.3 is 0 Å². The van der Waals surface area contributed by atoms with Crippen molar-refractivity contribution in [1.29, 1.82) is 0 Å². The van der Waals surface area contributed by atoms with Gasteiger partial charge in [-0.3, -0.25) is 0 Å². The van der Waals surface area contributed by atoms with Crippen LogP contribution in [0.2, 0.25) is 0 Å². The second-order valence-electron chi connectivity index (χ2n) is 7.58. The van der Waals surface area contributed by atoms with E-state index >= 15 is 0 Å². The molecular formula is C22H30O4. The van der Waals surface area contributed by atoms with Gasteiger partial charge in [-0.1, -0.05) is 38.1 Å². The minimum absolute atomic E-state index is 0.0107. The predicted molar refractivity (Wildman–Crippen MR) is 104 cm³/mol. The maximum absolute atomic E-state index is 9.12. The molecule has 2 aromatic rings. The van der Waals surface area contributed by atoms with Crippen molar-refractivity contribution in [3.63, 3.8) is 0 Å². The molecule has 26 heavy (non-hydrogen) atoms. The Bertz CT molecular complexity index is 672. The molecule has 0 heterocycles. The third-order valence-corrected chi connectivity index (χ3v) is 4.62. The van der Waals surface area contributed by atoms with Crippen LogP contribution in [0.3, 0.4) is 0 Å². The number of ether oxygens (including phenoxy) is 2. The van der Waals surface area contributed by atoms with Crippen molar-refractivity contribution in [3.05, 3.63) is 59.7 Å². The van der Waals surface area contributed by atoms with Gasteiger partial charge in [0.05, 0.1) is 6.61 Å². The first-order chi connectivity index (χ1) is 12.3. The monoisotopic (exact) mass is 358 g/mol. The third kappa shape index (κ3) is 5.23. The van der Waals surface area contributed by atoms with E-state index in [0.717, 1.165) is 11.5 Å². The van der Waals surface area contributed by atoms with E-state index in [1.165, 1.54) is 11.1 Å². The van der Waals surface area contributed by atoms with Crippen molar-refractivity contribution in [2.45, 2.75) is 45.1 Å². The lowest BCUT2D eigenvalue weighted by Crippen LogP contribution is -2.29. The number of aliphatic hydroxyl groups excluding tert-OH is 2. The summed E-state index contributed by atoms with van der Waals surface area (Å²) in [4.78, 5) is 0. The van der Waals surface area contributed by atoms with Crippen molar-refractivity contribution in [2.75, 3.05) is 19.8 Å². The Hall–Kier alpha value is -2.04. The fourth-order valence-corrected chi connectivity index (χ4v) is 2.88. The first kappa shape index (κ1) is 20.3. The molecule has 0 fully saturated rings. The molecule has 142 valence electrons. The van der Waals surface area contributed by atoms with Gasteiger partial charge in [-0.15, -0.1) is 0 Å². The summed E-state index contributed by atoms with van der Waals surface area (Å²) in [5.74, 6) is 1.56. The first-order valence-corrected chi connectivity index (χ1v) is 9.03. The van der Waals surface area contributed by atoms with Gasteiger partial charge in [0.25, 0.3) is 0 Å². The Balaban J connectivity index is 2.13. The topological polar surface area (TPSA) is 58.9 Å². The maximum Gasteiger partial charge on any atom is 0.120 e. The Kier molecular flexibility index (Phi) is 6.68. The molecule has 0 aromatic heterocycles. The van der Waals surface area contributed by atoms with E-state index in [9.17, 15) is 0 Å². The fraction of sp³-hybridized carbons (Fsp3) is 0.455. The van der Waals surface area contributed by atoms with Gasteiger partial charge in [0.2, 0.25) is 0 Å². The van der Waals surface area contributed by atoms with E-state index in [-0.39, 0.29) is 18.6 Å². The van der Waals surface area contributed by atoms with Crippen molar-refractivity contribution < 1.29 is 19.7 Å². The van der Waals surface area contributed by atoms with Crippen LogP contribution in [0.25, 0.3) is 0 Å². The lowest BCUT2D eigenvalue weighted by atomic mass is 9.78. The number of hydrogen-bond acceptors (Lipinski definition) is 4. The lowest BCUT2D eigenvalue weighted by Gasteiger charge is -2.28. The minimum atomic E-state index is -0.393. The summed E-state index contributed by atoms with van der Waals surface area (Å²) in [6.07, 6.45) is 0.588. The Morgan fingerprint density at radius 2 is 1.23 bits per heavy atom. The minimum Gasteiger partial charge on any atom is -0.491 e. The molecule has 0 aliphatic carbocycles. The van der Waals surface area contributed by atoms with Crippen LogP contribution in [0.15, 0.2) is 48.5 Å². The molecule has 0 aliphatic heterocycles. The first-order valence-electron chi connectivity index (χ1n) is 9.03. The van der Waals surface area contributed by atoms with E-state index in [2.05, 4.69) is 38.1 Å². The molecule has 0 amide bonds. The molecule has 0 saturated heterocycles. The molecule has 4 nitrogen and oxygen atoms in total. The summed E-state index contributed by atoms with van der Waals surface area (Å²) in [6, 6.07) is 16.1. The van der Waals surface area contributed by atoms with Crippen molar-refractivity contribution in [2.24, 2.45) is 0 Å². The quantitative estimate of drug-likeness (QED) is 0.713. The zero-order chi connectivity index (χ0) is 19.2. The lowest BCUT2D eigenvalue weighted by molar-refractivity contribution is 0.0765. The number of hydrogen-bond donors (Lipinski definition) is 2. The summed E-state index contributed by atoms with van der Waals surface area (Å²) < 4.78 is 11.4. The normalized spacial score (nSPS) is 12.1. The Morgan fingerprint density at radius 3 is 1.69 bits per heavy atom. The average molecular weight is 358 g/mol. The summed E-state index contributed by atoms with van der Waals surface area (Å²) in [5.41, 5.74) is 1.82. The van der Waals surface area contributed by atoms with Crippen LogP contribution >= 0.6 is 0 Å². The highest BCUT2D eigenvalue weighted by Gasteiger charge is 2.24. The van der Waals surface area contributed by atoms with E-state index in [0.29, 0.717) is 13.0 Å². The standard InChI is InChI=1S/C22H30O4/c1-21(2,13-14-23)26-20-11-7-18(8-12-20)22(3,4)17-5-9-19(10-6-17)25-16-15-24/h5-12,23-24H,13-16H2,1-4H3. The second-order valence-corrected chi connectivity index (χ2v) is 7.58. The number of benzene rings is 2. The third-order valence-electron chi connectivity index (χ3n) is 4.62. The van der Waals surface area contributed by atoms with Crippen LogP contribution < -0.4 is 9.47 Å². The van der Waals surface area contributed by atoms with Crippen molar-refractivity contribution in [3.8, 4) is 11.5 Å². The molecule has 0 atom stereocenters. The molecule has 0 radical (unpaired) electrons. The van der Waals surface area contributed by atoms with Gasteiger partial charge in [-0.2, -0.15) is 0 Å². The van der Waals surface area contributed by atoms with Gasteiger partial charge < -0.3 is 19.7 Å².